The number of anilines is 1. The summed E-state index contributed by atoms with van der Waals surface area (Å²) in [5.74, 6) is -0.839. The number of carbonyl (C=O) groups is 3. The largest absolute Gasteiger partial charge is 0.464 e. The molecule has 2 heterocycles. The molecule has 0 spiro atoms. The summed E-state index contributed by atoms with van der Waals surface area (Å²) in [6.45, 7) is 0.653. The van der Waals surface area contributed by atoms with Gasteiger partial charge in [-0.25, -0.2) is 9.48 Å². The molecule has 1 aromatic heterocycles. The molecule has 1 saturated heterocycles. The Morgan fingerprint density at radius 1 is 1.36 bits per heavy atom. The summed E-state index contributed by atoms with van der Waals surface area (Å²) in [6, 6.07) is 6.92. The van der Waals surface area contributed by atoms with E-state index >= 15 is 0 Å². The molecule has 0 aliphatic carbocycles. The molecule has 9 nitrogen and oxygen atoms in total. The number of carbonyl (C=O) groups excluding carboxylic acids is 3. The summed E-state index contributed by atoms with van der Waals surface area (Å²) < 4.78 is 6.00. The second kappa shape index (κ2) is 7.12. The Labute approximate surface area is 143 Å². The average molecular weight is 343 g/mol. The third-order valence-electron chi connectivity index (χ3n) is 3.79. The molecule has 1 aromatic carbocycles. The molecule has 130 valence electrons. The van der Waals surface area contributed by atoms with Crippen molar-refractivity contribution in [1.29, 1.82) is 0 Å². The molecule has 0 bridgehead atoms. The van der Waals surface area contributed by atoms with Gasteiger partial charge in [-0.2, -0.15) is 0 Å². The van der Waals surface area contributed by atoms with Crippen molar-refractivity contribution in [3.05, 3.63) is 36.2 Å². The smallest absolute Gasteiger partial charge is 0.360 e. The number of nitrogens with one attached hydrogen (secondary N) is 1. The second-order valence-corrected chi connectivity index (χ2v) is 5.56. The van der Waals surface area contributed by atoms with Gasteiger partial charge in [-0.15, -0.1) is 5.10 Å². The number of hydrogen-bond donors (Lipinski definition) is 1. The van der Waals surface area contributed by atoms with Crippen LogP contribution in [0.3, 0.4) is 0 Å². The van der Waals surface area contributed by atoms with E-state index in [-0.39, 0.29) is 24.1 Å². The van der Waals surface area contributed by atoms with Gasteiger partial charge < -0.3 is 15.0 Å². The Balaban J connectivity index is 1.69. The standard InChI is InChI=1S/C16H17N5O4/c1-25-16(24)13-9-21(19-18-13)12-5-2-4-11(8-12)17-14(22)10-20-7-3-6-15(20)23/h2,4-5,8-9H,3,6-7,10H2,1H3,(H,17,22). The molecule has 1 N–H and O–H groups in total. The van der Waals surface area contributed by atoms with Crippen molar-refractivity contribution in [2.75, 3.05) is 25.5 Å². The van der Waals surface area contributed by atoms with Crippen LogP contribution in [0.4, 0.5) is 5.69 Å². The van der Waals surface area contributed by atoms with E-state index in [2.05, 4.69) is 20.4 Å². The minimum Gasteiger partial charge on any atom is -0.464 e. The highest BCUT2D eigenvalue weighted by Crippen LogP contribution is 2.15. The van der Waals surface area contributed by atoms with Gasteiger partial charge >= 0.3 is 5.97 Å². The van der Waals surface area contributed by atoms with Crippen molar-refractivity contribution < 1.29 is 19.1 Å². The third kappa shape index (κ3) is 3.82. The minimum atomic E-state index is -0.578. The summed E-state index contributed by atoms with van der Waals surface area (Å²) in [5, 5.41) is 10.4. The fraction of sp³-hybridized carbons (Fsp3) is 0.312. The van der Waals surface area contributed by atoms with E-state index in [4.69, 9.17) is 0 Å². The van der Waals surface area contributed by atoms with Gasteiger partial charge in [0, 0.05) is 18.7 Å². The number of hydrogen-bond acceptors (Lipinski definition) is 6. The van der Waals surface area contributed by atoms with Crippen LogP contribution in [0.2, 0.25) is 0 Å². The number of aromatic nitrogens is 3. The number of amides is 2. The van der Waals surface area contributed by atoms with Crippen molar-refractivity contribution in [1.82, 2.24) is 19.9 Å². The SMILES string of the molecule is COC(=O)c1cn(-c2cccc(NC(=O)CN3CCCC3=O)c2)nn1. The molecule has 0 atom stereocenters. The molecule has 2 amide bonds. The molecule has 1 aliphatic heterocycles. The van der Waals surface area contributed by atoms with Gasteiger partial charge in [-0.1, -0.05) is 11.3 Å². The van der Waals surface area contributed by atoms with Crippen molar-refractivity contribution >= 4 is 23.5 Å². The Morgan fingerprint density at radius 2 is 2.20 bits per heavy atom. The first kappa shape index (κ1) is 16.6. The molecular formula is C16H17N5O4. The fourth-order valence-corrected chi connectivity index (χ4v) is 2.56. The van der Waals surface area contributed by atoms with Crippen LogP contribution in [0, 0.1) is 0 Å². The Bertz CT molecular complexity index is 816. The fourth-order valence-electron chi connectivity index (χ4n) is 2.56. The van der Waals surface area contributed by atoms with Crippen molar-refractivity contribution in [3.63, 3.8) is 0 Å². The molecule has 0 radical (unpaired) electrons. The van der Waals surface area contributed by atoms with E-state index in [1.54, 1.807) is 29.2 Å². The van der Waals surface area contributed by atoms with E-state index in [1.165, 1.54) is 18.0 Å². The molecule has 0 saturated carbocycles. The highest BCUT2D eigenvalue weighted by Gasteiger charge is 2.22. The lowest BCUT2D eigenvalue weighted by Crippen LogP contribution is -2.33. The number of esters is 1. The zero-order valence-electron chi connectivity index (χ0n) is 13.6. The summed E-state index contributed by atoms with van der Waals surface area (Å²) in [7, 11) is 1.27. The first-order valence-electron chi connectivity index (χ1n) is 7.75. The molecule has 3 rings (SSSR count). The van der Waals surface area contributed by atoms with Gasteiger partial charge in [0.2, 0.25) is 11.8 Å². The lowest BCUT2D eigenvalue weighted by Gasteiger charge is -2.15. The summed E-state index contributed by atoms with van der Waals surface area (Å²) in [4.78, 5) is 36.6. The van der Waals surface area contributed by atoms with Crippen LogP contribution in [0.1, 0.15) is 23.3 Å². The van der Waals surface area contributed by atoms with E-state index < -0.39 is 5.97 Å². The quantitative estimate of drug-likeness (QED) is 0.798. The number of methoxy groups -OCH3 is 1. The summed E-state index contributed by atoms with van der Waals surface area (Å²) in [5.41, 5.74) is 1.27. The monoisotopic (exact) mass is 343 g/mol. The predicted octanol–water partition coefficient (Wildman–Crippen LogP) is 0.615. The Kier molecular flexibility index (Phi) is 4.73. The molecule has 0 unspecified atom stereocenters. The first-order chi connectivity index (χ1) is 12.1. The van der Waals surface area contributed by atoms with Crippen molar-refractivity contribution in [3.8, 4) is 5.69 Å². The van der Waals surface area contributed by atoms with Crippen LogP contribution in [0.15, 0.2) is 30.5 Å². The summed E-state index contributed by atoms with van der Waals surface area (Å²) in [6.07, 6.45) is 2.73. The lowest BCUT2D eigenvalue weighted by atomic mass is 10.2. The van der Waals surface area contributed by atoms with E-state index in [9.17, 15) is 14.4 Å². The van der Waals surface area contributed by atoms with Crippen molar-refractivity contribution in [2.45, 2.75) is 12.8 Å². The van der Waals surface area contributed by atoms with Crippen LogP contribution < -0.4 is 5.32 Å². The average Bonchev–Trinajstić information content (AvgIpc) is 3.24. The number of benzene rings is 1. The van der Waals surface area contributed by atoms with Gasteiger partial charge in [0.05, 0.1) is 25.5 Å². The normalized spacial score (nSPS) is 13.8. The molecule has 2 aromatic rings. The van der Waals surface area contributed by atoms with E-state index in [0.717, 1.165) is 6.42 Å². The van der Waals surface area contributed by atoms with Crippen LogP contribution in [-0.2, 0) is 14.3 Å². The number of rotatable bonds is 5. The first-order valence-corrected chi connectivity index (χ1v) is 7.75. The number of ether oxygens (including phenoxy) is 1. The third-order valence-corrected chi connectivity index (χ3v) is 3.79. The van der Waals surface area contributed by atoms with Crippen LogP contribution in [0.5, 0.6) is 0 Å². The highest BCUT2D eigenvalue weighted by atomic mass is 16.5. The Hall–Kier alpha value is -3.23. The van der Waals surface area contributed by atoms with Gasteiger partial charge in [-0.05, 0) is 24.6 Å². The number of likely N-dealkylation sites (tertiary alicyclic amines) is 1. The molecular weight excluding hydrogens is 326 g/mol. The highest BCUT2D eigenvalue weighted by molar-refractivity contribution is 5.95. The van der Waals surface area contributed by atoms with Crippen LogP contribution in [-0.4, -0.2) is 57.9 Å². The van der Waals surface area contributed by atoms with Crippen molar-refractivity contribution in [2.24, 2.45) is 0 Å². The predicted molar refractivity (Wildman–Crippen MR) is 87.1 cm³/mol. The van der Waals surface area contributed by atoms with Gasteiger partial charge in [-0.3, -0.25) is 9.59 Å². The maximum atomic E-state index is 12.1. The topological polar surface area (TPSA) is 106 Å². The van der Waals surface area contributed by atoms with Crippen LogP contribution >= 0.6 is 0 Å². The van der Waals surface area contributed by atoms with Gasteiger partial charge in [0.15, 0.2) is 5.69 Å². The van der Waals surface area contributed by atoms with E-state index in [0.29, 0.717) is 24.3 Å². The molecule has 25 heavy (non-hydrogen) atoms. The molecule has 9 heteroatoms. The van der Waals surface area contributed by atoms with Crippen LogP contribution in [0.25, 0.3) is 5.69 Å². The van der Waals surface area contributed by atoms with Gasteiger partial charge in [0.25, 0.3) is 0 Å². The number of nitrogens with zero attached hydrogens (tertiary/aromatic N) is 4. The zero-order chi connectivity index (χ0) is 17.8. The molecule has 1 fully saturated rings. The Morgan fingerprint density at radius 3 is 2.92 bits per heavy atom. The zero-order valence-corrected chi connectivity index (χ0v) is 13.6. The molecule has 1 aliphatic rings. The second-order valence-electron chi connectivity index (χ2n) is 5.56. The lowest BCUT2D eigenvalue weighted by molar-refractivity contribution is -0.131. The maximum Gasteiger partial charge on any atom is 0.360 e. The minimum absolute atomic E-state index is 0.00172. The maximum absolute atomic E-state index is 12.1. The van der Waals surface area contributed by atoms with E-state index in [1.807, 2.05) is 0 Å². The summed E-state index contributed by atoms with van der Waals surface area (Å²) >= 11 is 0. The van der Waals surface area contributed by atoms with Gasteiger partial charge in [0.1, 0.15) is 0 Å².